The second-order valence-corrected chi connectivity index (χ2v) is 9.33. The predicted molar refractivity (Wildman–Crippen MR) is 123 cm³/mol. The number of fused-ring (bicyclic) bond motifs is 1. The van der Waals surface area contributed by atoms with Crippen molar-refractivity contribution in [2.24, 2.45) is 5.73 Å². The first-order chi connectivity index (χ1) is 15.2. The van der Waals surface area contributed by atoms with Crippen LogP contribution in [0.1, 0.15) is 16.8 Å². The summed E-state index contributed by atoms with van der Waals surface area (Å²) in [5.74, 6) is 1.79. The zero-order valence-corrected chi connectivity index (χ0v) is 20.0. The van der Waals surface area contributed by atoms with E-state index in [4.69, 9.17) is 25.0 Å². The second kappa shape index (κ2) is 12.2. The summed E-state index contributed by atoms with van der Waals surface area (Å²) in [6, 6.07) is 5.50. The number of aryl methyl sites for hydroxylation is 1. The lowest BCUT2D eigenvalue weighted by Crippen LogP contribution is -2.17. The zero-order chi connectivity index (χ0) is 23.8. The van der Waals surface area contributed by atoms with Gasteiger partial charge in [-0.2, -0.15) is 0 Å². The molecule has 0 aliphatic heterocycles. The van der Waals surface area contributed by atoms with Gasteiger partial charge in [-0.3, -0.25) is 9.19 Å². The van der Waals surface area contributed by atoms with Gasteiger partial charge >= 0.3 is 0 Å². The summed E-state index contributed by atoms with van der Waals surface area (Å²) in [6.45, 7) is 3.72. The minimum Gasteiger partial charge on any atom is -0.497 e. The van der Waals surface area contributed by atoms with E-state index >= 15 is 0 Å². The fourth-order valence-electron chi connectivity index (χ4n) is 2.86. The number of hydrogen-bond acceptors (Lipinski definition) is 8. The Kier molecular flexibility index (Phi) is 9.92. The molecule has 2 aromatic heterocycles. The molecule has 9 nitrogen and oxygen atoms in total. The summed E-state index contributed by atoms with van der Waals surface area (Å²) in [5.41, 5.74) is 8.99. The standard InChI is InChI=1S/C17H19N3O3S.C3H9FNO2P/c1-10-8-18-15(11(2)16(10)23-4)9-24(21)17-19-13-6-5-12(22-3)7-14(13)20-17;4-3(1-5)2-8(6)7/h5-8H,9H2,1-4H3,(H,19,20);3,6-7H,1-2,5H2. The van der Waals surface area contributed by atoms with Crippen molar-refractivity contribution in [1.29, 1.82) is 0 Å². The molecule has 176 valence electrons. The lowest BCUT2D eigenvalue weighted by Gasteiger charge is -2.11. The smallest absolute Gasteiger partial charge is 0.197 e. The number of nitrogens with zero attached hydrogens (tertiary/aromatic N) is 2. The van der Waals surface area contributed by atoms with E-state index in [0.717, 1.165) is 39.4 Å². The molecule has 0 saturated heterocycles. The minimum atomic E-state index is -2.10. The molecule has 3 aromatic rings. The van der Waals surface area contributed by atoms with E-state index < -0.39 is 25.3 Å². The number of ether oxygens (including phenoxy) is 2. The third kappa shape index (κ3) is 6.91. The van der Waals surface area contributed by atoms with Crippen LogP contribution in [0.25, 0.3) is 11.0 Å². The molecule has 3 rings (SSSR count). The van der Waals surface area contributed by atoms with Crippen LogP contribution in [0.3, 0.4) is 0 Å². The van der Waals surface area contributed by atoms with Crippen molar-refractivity contribution in [2.75, 3.05) is 26.9 Å². The first-order valence-corrected chi connectivity index (χ1v) is 12.4. The van der Waals surface area contributed by atoms with Gasteiger partial charge in [0.15, 0.2) is 13.5 Å². The summed E-state index contributed by atoms with van der Waals surface area (Å²) in [6.07, 6.45) is 0.240. The topological polar surface area (TPSA) is 144 Å². The Balaban J connectivity index is 0.000000390. The number of pyridine rings is 1. The van der Waals surface area contributed by atoms with E-state index in [9.17, 15) is 8.60 Å². The van der Waals surface area contributed by atoms with Crippen LogP contribution < -0.4 is 15.2 Å². The number of imidazole rings is 1. The van der Waals surface area contributed by atoms with Crippen LogP contribution in [-0.2, 0) is 16.6 Å². The highest BCUT2D eigenvalue weighted by atomic mass is 32.2. The van der Waals surface area contributed by atoms with Crippen LogP contribution >= 0.6 is 8.38 Å². The molecular weight excluding hydrogens is 458 g/mol. The fourth-order valence-corrected chi connectivity index (χ4v) is 4.46. The molecule has 0 fully saturated rings. The average molecular weight is 487 g/mol. The predicted octanol–water partition coefficient (Wildman–Crippen LogP) is 2.48. The van der Waals surface area contributed by atoms with E-state index in [1.54, 1.807) is 20.4 Å². The molecule has 5 N–H and O–H groups in total. The normalized spacial score (nSPS) is 12.9. The molecule has 2 heterocycles. The number of halogens is 1. The zero-order valence-electron chi connectivity index (χ0n) is 18.3. The highest BCUT2D eigenvalue weighted by Crippen LogP contribution is 2.26. The largest absolute Gasteiger partial charge is 0.497 e. The van der Waals surface area contributed by atoms with E-state index in [-0.39, 0.29) is 18.5 Å². The van der Waals surface area contributed by atoms with Crippen molar-refractivity contribution in [2.45, 2.75) is 30.9 Å². The van der Waals surface area contributed by atoms with Gasteiger partial charge in [-0.25, -0.2) is 9.37 Å². The van der Waals surface area contributed by atoms with Gasteiger partial charge in [0.1, 0.15) is 17.7 Å². The molecule has 0 saturated carbocycles. The lowest BCUT2D eigenvalue weighted by molar-refractivity contribution is 0.358. The number of hydrogen-bond donors (Lipinski definition) is 4. The van der Waals surface area contributed by atoms with Gasteiger partial charge in [0.25, 0.3) is 0 Å². The Morgan fingerprint density at radius 3 is 2.56 bits per heavy atom. The number of benzene rings is 1. The molecular formula is C20H28FN4O5PS. The number of nitrogens with two attached hydrogens (primary N) is 1. The minimum absolute atomic E-state index is 0.139. The van der Waals surface area contributed by atoms with Crippen LogP contribution in [0.4, 0.5) is 4.39 Å². The van der Waals surface area contributed by atoms with Crippen LogP contribution in [0, 0.1) is 13.8 Å². The van der Waals surface area contributed by atoms with Crippen molar-refractivity contribution in [3.05, 3.63) is 41.2 Å². The van der Waals surface area contributed by atoms with Crippen LogP contribution in [0.2, 0.25) is 0 Å². The molecule has 0 bridgehead atoms. The third-order valence-corrected chi connectivity index (χ3v) is 6.40. The maximum absolute atomic E-state index is 12.7. The van der Waals surface area contributed by atoms with Crippen molar-refractivity contribution in [3.63, 3.8) is 0 Å². The first kappa shape index (κ1) is 26.1. The summed E-state index contributed by atoms with van der Waals surface area (Å²) in [4.78, 5) is 28.3. The number of aromatic amines is 1. The Labute approximate surface area is 189 Å². The maximum atomic E-state index is 12.7. The van der Waals surface area contributed by atoms with E-state index in [1.807, 2.05) is 32.0 Å². The van der Waals surface area contributed by atoms with E-state index in [2.05, 4.69) is 15.0 Å². The average Bonchev–Trinajstić information content (AvgIpc) is 3.19. The highest BCUT2D eigenvalue weighted by Gasteiger charge is 2.16. The Hall–Kier alpha value is -2.17. The summed E-state index contributed by atoms with van der Waals surface area (Å²) in [7, 11) is -0.194. The molecule has 0 aliphatic rings. The van der Waals surface area contributed by atoms with E-state index in [1.165, 1.54) is 0 Å². The molecule has 0 spiro atoms. The van der Waals surface area contributed by atoms with Gasteiger partial charge in [0.2, 0.25) is 0 Å². The first-order valence-electron chi connectivity index (χ1n) is 9.60. The fraction of sp³-hybridized carbons (Fsp3) is 0.400. The lowest BCUT2D eigenvalue weighted by atomic mass is 10.1. The summed E-state index contributed by atoms with van der Waals surface area (Å²) < 4.78 is 35.2. The molecule has 12 heteroatoms. The molecule has 0 aliphatic carbocycles. The van der Waals surface area contributed by atoms with Crippen LogP contribution in [0.5, 0.6) is 11.5 Å². The number of alkyl halides is 1. The SMILES string of the molecule is COc1ccc2nc(S(=O)Cc3ncc(C)c(OC)c3C)[nH]c2c1.NCC(F)CP(O)O. The monoisotopic (exact) mass is 486 g/mol. The summed E-state index contributed by atoms with van der Waals surface area (Å²) >= 11 is 0. The molecule has 32 heavy (non-hydrogen) atoms. The quantitative estimate of drug-likeness (QED) is 0.356. The number of nitrogens with one attached hydrogen (secondary N) is 1. The Bertz CT molecular complexity index is 1070. The molecule has 2 atom stereocenters. The van der Waals surface area contributed by atoms with Crippen molar-refractivity contribution >= 4 is 30.2 Å². The molecule has 0 amide bonds. The van der Waals surface area contributed by atoms with Crippen molar-refractivity contribution in [3.8, 4) is 11.5 Å². The van der Waals surface area contributed by atoms with Gasteiger partial charge in [-0.1, -0.05) is 0 Å². The highest BCUT2D eigenvalue weighted by molar-refractivity contribution is 7.84. The maximum Gasteiger partial charge on any atom is 0.197 e. The molecule has 1 aromatic carbocycles. The number of rotatable bonds is 8. The second-order valence-electron chi connectivity index (χ2n) is 6.85. The Morgan fingerprint density at radius 2 is 2.00 bits per heavy atom. The van der Waals surface area contributed by atoms with Gasteiger partial charge < -0.3 is 30.0 Å². The Morgan fingerprint density at radius 1 is 1.28 bits per heavy atom. The van der Waals surface area contributed by atoms with Crippen molar-refractivity contribution < 1.29 is 27.9 Å². The molecule has 0 radical (unpaired) electrons. The van der Waals surface area contributed by atoms with Gasteiger partial charge in [-0.15, -0.1) is 0 Å². The third-order valence-electron chi connectivity index (χ3n) is 4.52. The van der Waals surface area contributed by atoms with Gasteiger partial charge in [0, 0.05) is 36.1 Å². The van der Waals surface area contributed by atoms with E-state index in [0.29, 0.717) is 5.16 Å². The van der Waals surface area contributed by atoms with Gasteiger partial charge in [0.05, 0.1) is 47.5 Å². The number of aromatic nitrogens is 3. The number of methoxy groups -OCH3 is 2. The van der Waals surface area contributed by atoms with Crippen molar-refractivity contribution in [1.82, 2.24) is 15.0 Å². The van der Waals surface area contributed by atoms with Crippen LogP contribution in [0.15, 0.2) is 29.6 Å². The van der Waals surface area contributed by atoms with Crippen LogP contribution in [-0.4, -0.2) is 62.0 Å². The molecule has 2 unspecified atom stereocenters. The van der Waals surface area contributed by atoms with Gasteiger partial charge in [-0.05, 0) is 26.0 Å². The summed E-state index contributed by atoms with van der Waals surface area (Å²) in [5, 5.41) is 0.430. The number of H-pyrrole nitrogens is 1.